The molecule has 0 saturated carbocycles. The van der Waals surface area contributed by atoms with Crippen molar-refractivity contribution in [2.75, 3.05) is 11.9 Å². The second-order valence-corrected chi connectivity index (χ2v) is 4.54. The van der Waals surface area contributed by atoms with Gasteiger partial charge in [-0.3, -0.25) is 4.79 Å². The fourth-order valence-electron chi connectivity index (χ4n) is 1.86. The van der Waals surface area contributed by atoms with Crippen molar-refractivity contribution in [3.05, 3.63) is 42.0 Å². The normalized spacial score (nSPS) is 10.8. The Bertz CT molecular complexity index is 413. The van der Waals surface area contributed by atoms with Crippen molar-refractivity contribution in [2.24, 2.45) is 0 Å². The average Bonchev–Trinajstić information content (AvgIpc) is 2.39. The SMILES string of the molecule is CCC=CCCNc1cccc(CCCC(=O)O)c1. The number of aliphatic carboxylic acids is 1. The van der Waals surface area contributed by atoms with Gasteiger partial charge in [0.15, 0.2) is 0 Å². The van der Waals surface area contributed by atoms with E-state index >= 15 is 0 Å². The molecule has 0 aliphatic heterocycles. The molecular weight excluding hydrogens is 238 g/mol. The number of nitrogens with one attached hydrogen (secondary N) is 1. The molecule has 0 atom stereocenters. The fraction of sp³-hybridized carbons (Fsp3) is 0.438. The van der Waals surface area contributed by atoms with Gasteiger partial charge in [-0.05, 0) is 43.4 Å². The summed E-state index contributed by atoms with van der Waals surface area (Å²) in [5.74, 6) is -0.725. The third kappa shape index (κ3) is 7.29. The topological polar surface area (TPSA) is 49.3 Å². The lowest BCUT2D eigenvalue weighted by molar-refractivity contribution is -0.137. The lowest BCUT2D eigenvalue weighted by Crippen LogP contribution is -2.01. The minimum atomic E-state index is -0.725. The van der Waals surface area contributed by atoms with E-state index in [1.807, 2.05) is 18.2 Å². The summed E-state index contributed by atoms with van der Waals surface area (Å²) in [5.41, 5.74) is 2.30. The number of allylic oxidation sites excluding steroid dienone is 1. The predicted molar refractivity (Wildman–Crippen MR) is 79.6 cm³/mol. The second-order valence-electron chi connectivity index (χ2n) is 4.54. The maximum atomic E-state index is 10.5. The standard InChI is InChI=1S/C16H23NO2/c1-2-3-4-5-12-17-15-10-6-8-14(13-15)9-7-11-16(18)19/h3-4,6,8,10,13,17H,2,5,7,9,11-12H2,1H3,(H,18,19). The zero-order valence-electron chi connectivity index (χ0n) is 11.6. The van der Waals surface area contributed by atoms with Crippen LogP contribution in [0.5, 0.6) is 0 Å². The zero-order chi connectivity index (χ0) is 13.9. The van der Waals surface area contributed by atoms with Crippen molar-refractivity contribution in [3.8, 4) is 0 Å². The van der Waals surface area contributed by atoms with E-state index in [0.717, 1.165) is 31.5 Å². The number of carboxylic acids is 1. The number of carbonyl (C=O) groups is 1. The molecule has 1 rings (SSSR count). The molecule has 104 valence electrons. The van der Waals surface area contributed by atoms with E-state index in [4.69, 9.17) is 5.11 Å². The highest BCUT2D eigenvalue weighted by molar-refractivity contribution is 5.66. The van der Waals surface area contributed by atoms with E-state index in [1.54, 1.807) is 0 Å². The lowest BCUT2D eigenvalue weighted by atomic mass is 10.1. The van der Waals surface area contributed by atoms with Gasteiger partial charge in [0.25, 0.3) is 0 Å². The summed E-state index contributed by atoms with van der Waals surface area (Å²) in [6.45, 7) is 3.06. The molecule has 0 aliphatic rings. The third-order valence-electron chi connectivity index (χ3n) is 2.83. The number of rotatable bonds is 9. The summed E-state index contributed by atoms with van der Waals surface area (Å²) >= 11 is 0. The van der Waals surface area contributed by atoms with Crippen LogP contribution in [0.1, 0.15) is 38.2 Å². The largest absolute Gasteiger partial charge is 0.481 e. The van der Waals surface area contributed by atoms with Crippen LogP contribution in [0.2, 0.25) is 0 Å². The quantitative estimate of drug-likeness (QED) is 0.524. The Morgan fingerprint density at radius 1 is 1.37 bits per heavy atom. The number of hydrogen-bond donors (Lipinski definition) is 2. The third-order valence-corrected chi connectivity index (χ3v) is 2.83. The van der Waals surface area contributed by atoms with E-state index in [-0.39, 0.29) is 6.42 Å². The minimum absolute atomic E-state index is 0.236. The van der Waals surface area contributed by atoms with Crippen LogP contribution >= 0.6 is 0 Å². The van der Waals surface area contributed by atoms with Gasteiger partial charge in [-0.2, -0.15) is 0 Å². The highest BCUT2D eigenvalue weighted by atomic mass is 16.4. The summed E-state index contributed by atoms with van der Waals surface area (Å²) in [6, 6.07) is 8.21. The van der Waals surface area contributed by atoms with E-state index < -0.39 is 5.97 Å². The van der Waals surface area contributed by atoms with Crippen LogP contribution in [0.25, 0.3) is 0 Å². The first kappa shape index (κ1) is 15.3. The van der Waals surface area contributed by atoms with Gasteiger partial charge < -0.3 is 10.4 Å². The van der Waals surface area contributed by atoms with E-state index in [2.05, 4.69) is 30.5 Å². The minimum Gasteiger partial charge on any atom is -0.481 e. The van der Waals surface area contributed by atoms with Gasteiger partial charge in [0, 0.05) is 18.7 Å². The van der Waals surface area contributed by atoms with Gasteiger partial charge in [0.1, 0.15) is 0 Å². The number of carboxylic acid groups (broad SMARTS) is 1. The van der Waals surface area contributed by atoms with E-state index in [1.165, 1.54) is 5.56 Å². The molecule has 0 radical (unpaired) electrons. The maximum absolute atomic E-state index is 10.5. The van der Waals surface area contributed by atoms with Crippen LogP contribution < -0.4 is 5.32 Å². The van der Waals surface area contributed by atoms with Crippen LogP contribution in [0, 0.1) is 0 Å². The van der Waals surface area contributed by atoms with Gasteiger partial charge >= 0.3 is 5.97 Å². The smallest absolute Gasteiger partial charge is 0.303 e. The van der Waals surface area contributed by atoms with E-state index in [9.17, 15) is 4.79 Å². The Hall–Kier alpha value is -1.77. The lowest BCUT2D eigenvalue weighted by Gasteiger charge is -2.07. The highest BCUT2D eigenvalue weighted by Gasteiger charge is 1.99. The predicted octanol–water partition coefficient (Wildman–Crippen LogP) is 3.86. The van der Waals surface area contributed by atoms with Crippen LogP contribution in [0.3, 0.4) is 0 Å². The van der Waals surface area contributed by atoms with Crippen molar-refractivity contribution >= 4 is 11.7 Å². The molecule has 0 fully saturated rings. The summed E-state index contributed by atoms with van der Waals surface area (Å²) < 4.78 is 0. The number of anilines is 1. The van der Waals surface area contributed by atoms with Crippen molar-refractivity contribution in [3.63, 3.8) is 0 Å². The van der Waals surface area contributed by atoms with Gasteiger partial charge in [0.2, 0.25) is 0 Å². The Labute approximate surface area is 115 Å². The van der Waals surface area contributed by atoms with Gasteiger partial charge in [-0.15, -0.1) is 0 Å². The molecule has 0 saturated heterocycles. The van der Waals surface area contributed by atoms with Gasteiger partial charge in [-0.25, -0.2) is 0 Å². The molecule has 0 amide bonds. The van der Waals surface area contributed by atoms with Crippen LogP contribution in [-0.4, -0.2) is 17.6 Å². The van der Waals surface area contributed by atoms with Crippen LogP contribution in [0.15, 0.2) is 36.4 Å². The monoisotopic (exact) mass is 261 g/mol. The summed E-state index contributed by atoms with van der Waals surface area (Å²) in [7, 11) is 0. The summed E-state index contributed by atoms with van der Waals surface area (Å²) in [4.78, 5) is 10.5. The molecule has 19 heavy (non-hydrogen) atoms. The van der Waals surface area contributed by atoms with Crippen molar-refractivity contribution in [1.29, 1.82) is 0 Å². The Morgan fingerprint density at radius 2 is 2.21 bits per heavy atom. The van der Waals surface area contributed by atoms with E-state index in [0.29, 0.717) is 6.42 Å². The molecule has 3 heteroatoms. The average molecular weight is 261 g/mol. The van der Waals surface area contributed by atoms with Crippen molar-refractivity contribution in [1.82, 2.24) is 0 Å². The van der Waals surface area contributed by atoms with Crippen molar-refractivity contribution < 1.29 is 9.90 Å². The van der Waals surface area contributed by atoms with Crippen LogP contribution in [0.4, 0.5) is 5.69 Å². The van der Waals surface area contributed by atoms with Crippen LogP contribution in [-0.2, 0) is 11.2 Å². The molecule has 0 heterocycles. The van der Waals surface area contributed by atoms with Gasteiger partial charge in [-0.1, -0.05) is 31.2 Å². The number of benzene rings is 1. The molecule has 3 nitrogen and oxygen atoms in total. The number of hydrogen-bond acceptors (Lipinski definition) is 2. The first-order valence-corrected chi connectivity index (χ1v) is 6.92. The molecule has 0 aliphatic carbocycles. The second kappa shape index (κ2) is 9.20. The van der Waals surface area contributed by atoms with Crippen molar-refractivity contribution in [2.45, 2.75) is 39.0 Å². The highest BCUT2D eigenvalue weighted by Crippen LogP contribution is 2.13. The Morgan fingerprint density at radius 3 is 2.95 bits per heavy atom. The number of aryl methyl sites for hydroxylation is 1. The van der Waals surface area contributed by atoms with Gasteiger partial charge in [0.05, 0.1) is 0 Å². The molecule has 1 aromatic carbocycles. The first-order valence-electron chi connectivity index (χ1n) is 6.92. The molecule has 0 bridgehead atoms. The molecule has 2 N–H and O–H groups in total. The maximum Gasteiger partial charge on any atom is 0.303 e. The zero-order valence-corrected chi connectivity index (χ0v) is 11.6. The molecule has 0 spiro atoms. The molecule has 0 aromatic heterocycles. The Balaban J connectivity index is 2.34. The molecule has 1 aromatic rings. The molecule has 0 unspecified atom stereocenters. The summed E-state index contributed by atoms with van der Waals surface area (Å²) in [5, 5.41) is 12.0. The Kier molecular flexibility index (Phi) is 7.40. The first-order chi connectivity index (χ1) is 9.22. The molecular formula is C16H23NO2. The fourth-order valence-corrected chi connectivity index (χ4v) is 1.86. The summed E-state index contributed by atoms with van der Waals surface area (Å²) in [6.07, 6.45) is 8.21.